The molecule has 0 aromatic rings. The van der Waals surface area contributed by atoms with Gasteiger partial charge < -0.3 is 23.5 Å². The first-order valence-corrected chi connectivity index (χ1v) is 0.567. The predicted molar refractivity (Wildman–Crippen MR) is 6.57 cm³/mol. The van der Waals surface area contributed by atoms with Crippen LogP contribution in [0.2, 0.25) is 0 Å². The SMILES string of the molecule is F[C](F)F.[F-].[F-].[F-].[F-].[F-].[Mo]. The van der Waals surface area contributed by atoms with Crippen LogP contribution in [0.1, 0.15) is 0 Å². The Morgan fingerprint density at radius 2 is 0.600 bits per heavy atom. The van der Waals surface area contributed by atoms with E-state index in [1.54, 1.807) is 0 Å². The van der Waals surface area contributed by atoms with Crippen LogP contribution in [-0.2, 0) is 21.1 Å². The second-order valence-corrected chi connectivity index (χ2v) is 0.214. The topological polar surface area (TPSA) is 0 Å². The van der Waals surface area contributed by atoms with Gasteiger partial charge in [0.05, 0.1) is 0 Å². The molecule has 0 fully saturated rings. The van der Waals surface area contributed by atoms with Crippen LogP contribution in [0.25, 0.3) is 0 Å². The van der Waals surface area contributed by atoms with E-state index < -0.39 is 6.68 Å². The van der Waals surface area contributed by atoms with Gasteiger partial charge in [0.1, 0.15) is 0 Å². The largest absolute Gasteiger partial charge is 1.00 e. The van der Waals surface area contributed by atoms with Gasteiger partial charge in [0.25, 0.3) is 0 Å². The molecule has 71 valence electrons. The molecule has 0 aromatic carbocycles. The van der Waals surface area contributed by atoms with E-state index in [-0.39, 0.29) is 44.6 Å². The van der Waals surface area contributed by atoms with Crippen LogP contribution in [0.3, 0.4) is 0 Å². The first-order valence-electron chi connectivity index (χ1n) is 0.567. The number of halogens is 8. The van der Waals surface area contributed by atoms with Crippen LogP contribution < -0.4 is 23.5 Å². The van der Waals surface area contributed by atoms with Gasteiger partial charge in [-0.05, 0) is 0 Å². The molecule has 0 bridgehead atoms. The monoisotopic (exact) mass is 262 g/mol. The molecule has 0 nitrogen and oxygen atoms in total. The van der Waals surface area contributed by atoms with Crippen molar-refractivity contribution in [3.05, 3.63) is 6.68 Å². The van der Waals surface area contributed by atoms with Gasteiger partial charge in [-0.2, -0.15) is 13.2 Å². The third kappa shape index (κ3) is 25100. The average molecular weight is 260 g/mol. The van der Waals surface area contributed by atoms with Crippen molar-refractivity contribution in [3.8, 4) is 0 Å². The van der Waals surface area contributed by atoms with Crippen molar-refractivity contribution >= 4 is 0 Å². The molecule has 0 saturated heterocycles. The summed E-state index contributed by atoms with van der Waals surface area (Å²) in [7, 11) is 0. The summed E-state index contributed by atoms with van der Waals surface area (Å²) < 4.78 is 28.8. The van der Waals surface area contributed by atoms with Gasteiger partial charge in [-0.25, -0.2) is 0 Å². The van der Waals surface area contributed by atoms with E-state index in [2.05, 4.69) is 0 Å². The van der Waals surface area contributed by atoms with E-state index in [0.717, 1.165) is 0 Å². The zero-order chi connectivity index (χ0) is 3.58. The molecular formula is CF8Mo-5. The standard InChI is InChI=1S/CF3.5FH.Mo/c2-1(3)4;;;;;;/h;5*1H;/p-5. The van der Waals surface area contributed by atoms with Gasteiger partial charge in [0, 0.05) is 21.1 Å². The summed E-state index contributed by atoms with van der Waals surface area (Å²) in [5.74, 6) is 0. The number of rotatable bonds is 0. The first-order chi connectivity index (χ1) is 1.73. The summed E-state index contributed by atoms with van der Waals surface area (Å²) in [5.41, 5.74) is 0. The molecular weight excluding hydrogens is 260 g/mol. The van der Waals surface area contributed by atoms with Crippen molar-refractivity contribution in [1.82, 2.24) is 0 Å². The van der Waals surface area contributed by atoms with Crippen molar-refractivity contribution in [3.63, 3.8) is 0 Å². The number of hydrogen-bond donors (Lipinski definition) is 0. The van der Waals surface area contributed by atoms with Gasteiger partial charge in [0.2, 0.25) is 0 Å². The van der Waals surface area contributed by atoms with Gasteiger partial charge in [-0.1, -0.05) is 0 Å². The van der Waals surface area contributed by atoms with Gasteiger partial charge >= 0.3 is 6.68 Å². The fourth-order valence-corrected chi connectivity index (χ4v) is 0. The summed E-state index contributed by atoms with van der Waals surface area (Å²) in [6.07, 6.45) is 0. The second-order valence-electron chi connectivity index (χ2n) is 0.214. The smallest absolute Gasteiger partial charge is 0.487 e. The molecule has 0 N–H and O–H groups in total. The van der Waals surface area contributed by atoms with Crippen molar-refractivity contribution < 1.29 is 57.8 Å². The average Bonchev–Trinajstić information content (AvgIpc) is 0.811. The fraction of sp³-hybridized carbons (Fsp3) is 0. The summed E-state index contributed by atoms with van der Waals surface area (Å²) in [4.78, 5) is 0. The Morgan fingerprint density at radius 1 is 0.600 bits per heavy atom. The molecule has 0 aliphatic rings. The normalized spacial score (nSPS) is 3.60. The minimum atomic E-state index is -3.08. The van der Waals surface area contributed by atoms with Crippen LogP contribution >= 0.6 is 0 Å². The predicted octanol–water partition coefficient (Wildman–Crippen LogP) is -13.6. The molecule has 0 amide bonds. The minimum Gasteiger partial charge on any atom is -1.00 e. The maximum Gasteiger partial charge on any atom is 0.487 e. The molecule has 0 unspecified atom stereocenters. The summed E-state index contributed by atoms with van der Waals surface area (Å²) in [6.45, 7) is -3.08. The maximum atomic E-state index is 9.58. The Hall–Kier alpha value is 0.128. The minimum absolute atomic E-state index is 0. The summed E-state index contributed by atoms with van der Waals surface area (Å²) in [5, 5.41) is 0. The van der Waals surface area contributed by atoms with Crippen LogP contribution in [-0.4, -0.2) is 0 Å². The quantitative estimate of drug-likeness (QED) is 0.300. The zero-order valence-corrected chi connectivity index (χ0v) is 5.94. The molecule has 9 heteroatoms. The molecule has 0 aliphatic heterocycles. The summed E-state index contributed by atoms with van der Waals surface area (Å²) in [6, 6.07) is 0. The van der Waals surface area contributed by atoms with Crippen LogP contribution in [0, 0.1) is 6.68 Å². The van der Waals surface area contributed by atoms with Gasteiger partial charge in [-0.3, -0.25) is 0 Å². The Kier molecular flexibility index (Phi) is 531. The van der Waals surface area contributed by atoms with Crippen LogP contribution in [0.4, 0.5) is 13.2 Å². The molecule has 0 rings (SSSR count). The molecule has 0 saturated carbocycles. The summed E-state index contributed by atoms with van der Waals surface area (Å²) >= 11 is 0. The van der Waals surface area contributed by atoms with E-state index in [1.165, 1.54) is 0 Å². The van der Waals surface area contributed by atoms with Crippen molar-refractivity contribution in [2.45, 2.75) is 0 Å². The molecule has 0 spiro atoms. The third-order valence-electron chi connectivity index (χ3n) is 0. The van der Waals surface area contributed by atoms with Crippen molar-refractivity contribution in [2.75, 3.05) is 0 Å². The second kappa shape index (κ2) is 61.6. The Balaban J connectivity index is -0.00000000300. The first kappa shape index (κ1) is 86.2. The maximum absolute atomic E-state index is 9.58. The van der Waals surface area contributed by atoms with Gasteiger partial charge in [-0.15, -0.1) is 0 Å². The van der Waals surface area contributed by atoms with Crippen molar-refractivity contribution in [1.29, 1.82) is 0 Å². The van der Waals surface area contributed by atoms with Crippen LogP contribution in [0.15, 0.2) is 0 Å². The number of hydrogen-bond acceptors (Lipinski definition) is 0. The van der Waals surface area contributed by atoms with Crippen molar-refractivity contribution in [2.24, 2.45) is 0 Å². The van der Waals surface area contributed by atoms with E-state index in [0.29, 0.717) is 0 Å². The van der Waals surface area contributed by atoms with E-state index in [4.69, 9.17) is 0 Å². The molecule has 0 aromatic heterocycles. The molecule has 0 aliphatic carbocycles. The molecule has 0 atom stereocenters. The van der Waals surface area contributed by atoms with E-state index >= 15 is 0 Å². The molecule has 0 heterocycles. The van der Waals surface area contributed by atoms with E-state index in [9.17, 15) is 13.2 Å². The fourth-order valence-electron chi connectivity index (χ4n) is 0. The zero-order valence-electron chi connectivity index (χ0n) is 3.93. The van der Waals surface area contributed by atoms with E-state index in [1.807, 2.05) is 0 Å². The Bertz CT molecular complexity index is 14.0. The molecule has 10 heavy (non-hydrogen) atoms. The van der Waals surface area contributed by atoms with Crippen LogP contribution in [0.5, 0.6) is 0 Å². The molecule has 1 radical (unpaired) electrons. The third-order valence-corrected chi connectivity index (χ3v) is 0. The van der Waals surface area contributed by atoms with Gasteiger partial charge in [0.15, 0.2) is 0 Å². The Morgan fingerprint density at radius 3 is 0.600 bits per heavy atom. The Labute approximate surface area is 65.3 Å².